The van der Waals surface area contributed by atoms with Crippen molar-refractivity contribution in [1.82, 2.24) is 0 Å². The van der Waals surface area contributed by atoms with Crippen LogP contribution in [0.3, 0.4) is 0 Å². The Labute approximate surface area is 126 Å². The Morgan fingerprint density at radius 2 is 1.95 bits per heavy atom. The van der Waals surface area contributed by atoms with E-state index in [1.54, 1.807) is 4.90 Å². The second-order valence-electron chi connectivity index (χ2n) is 5.89. The highest BCUT2D eigenvalue weighted by Gasteiger charge is 2.55. The van der Waals surface area contributed by atoms with Gasteiger partial charge in [0.25, 0.3) is 0 Å². The smallest absolute Gasteiger partial charge is 0.314 e. The van der Waals surface area contributed by atoms with Crippen LogP contribution >= 0.6 is 0 Å². The molecule has 114 valence electrons. The van der Waals surface area contributed by atoms with Crippen LogP contribution in [0, 0.1) is 25.2 Å². The number of hydrogen-bond acceptors (Lipinski definition) is 3. The van der Waals surface area contributed by atoms with Gasteiger partial charge >= 0.3 is 5.97 Å². The maximum absolute atomic E-state index is 12.7. The minimum Gasteiger partial charge on any atom is -0.469 e. The van der Waals surface area contributed by atoms with Crippen molar-refractivity contribution in [2.45, 2.75) is 34.1 Å². The van der Waals surface area contributed by atoms with Gasteiger partial charge in [-0.1, -0.05) is 32.0 Å². The maximum atomic E-state index is 12.7. The molecule has 0 N–H and O–H groups in total. The molecular formula is C17H23NO3. The number of aryl methyl sites for hydroxylation is 2. The van der Waals surface area contributed by atoms with Crippen molar-refractivity contribution in [2.24, 2.45) is 11.3 Å². The minimum atomic E-state index is -0.749. The molecule has 1 heterocycles. The molecule has 1 aromatic rings. The van der Waals surface area contributed by atoms with Crippen LogP contribution in [-0.2, 0) is 14.3 Å². The summed E-state index contributed by atoms with van der Waals surface area (Å²) in [6, 6.07) is 5.96. The van der Waals surface area contributed by atoms with Crippen LogP contribution in [0.5, 0.6) is 0 Å². The fraction of sp³-hybridized carbons (Fsp3) is 0.529. The van der Waals surface area contributed by atoms with Crippen molar-refractivity contribution in [3.05, 3.63) is 29.3 Å². The van der Waals surface area contributed by atoms with Gasteiger partial charge < -0.3 is 9.64 Å². The molecule has 1 amide bonds. The van der Waals surface area contributed by atoms with Gasteiger partial charge in [-0.25, -0.2) is 0 Å². The summed E-state index contributed by atoms with van der Waals surface area (Å²) in [7, 11) is 1.39. The number of hydrogen-bond donors (Lipinski definition) is 0. The highest BCUT2D eigenvalue weighted by molar-refractivity contribution is 6.03. The molecule has 4 nitrogen and oxygen atoms in total. The molecule has 4 heteroatoms. The summed E-state index contributed by atoms with van der Waals surface area (Å²) < 4.78 is 4.97. The Balaban J connectivity index is 2.50. The molecule has 0 radical (unpaired) electrons. The highest BCUT2D eigenvalue weighted by Crippen LogP contribution is 2.44. The number of amides is 1. The Morgan fingerprint density at radius 1 is 1.38 bits per heavy atom. The van der Waals surface area contributed by atoms with Crippen LogP contribution in [-0.4, -0.2) is 25.5 Å². The molecule has 1 aliphatic heterocycles. The molecule has 0 aliphatic carbocycles. The summed E-state index contributed by atoms with van der Waals surface area (Å²) >= 11 is 0. The number of ether oxygens (including phenoxy) is 1. The third-order valence-electron chi connectivity index (χ3n) is 4.84. The molecule has 1 aliphatic rings. The van der Waals surface area contributed by atoms with Gasteiger partial charge in [0, 0.05) is 12.2 Å². The lowest BCUT2D eigenvalue weighted by Gasteiger charge is -2.27. The molecule has 0 bridgehead atoms. The molecule has 1 unspecified atom stereocenters. The van der Waals surface area contributed by atoms with Crippen molar-refractivity contribution in [2.75, 3.05) is 18.6 Å². The number of rotatable bonds is 3. The van der Waals surface area contributed by atoms with E-state index in [4.69, 9.17) is 4.74 Å². The highest BCUT2D eigenvalue weighted by atomic mass is 16.5. The van der Waals surface area contributed by atoms with Crippen LogP contribution in [0.15, 0.2) is 18.2 Å². The summed E-state index contributed by atoms with van der Waals surface area (Å²) in [6.07, 6.45) is 0.591. The standard InChI is InChI=1S/C17H23NO3/c1-6-17(16(20)21-5)10-18(15(19)13(17)4)14-11(2)8-7-9-12(14)3/h7-9,13H,6,10H2,1-5H3/t13?,17-/m1/s1. The number of carbonyl (C=O) groups excluding carboxylic acids is 2. The first-order valence-corrected chi connectivity index (χ1v) is 7.35. The van der Waals surface area contributed by atoms with Gasteiger partial charge in [0.15, 0.2) is 0 Å². The molecule has 21 heavy (non-hydrogen) atoms. The van der Waals surface area contributed by atoms with Crippen molar-refractivity contribution in [1.29, 1.82) is 0 Å². The summed E-state index contributed by atoms with van der Waals surface area (Å²) in [5.41, 5.74) is 2.27. The van der Waals surface area contributed by atoms with E-state index in [1.807, 2.05) is 45.9 Å². The third-order valence-corrected chi connectivity index (χ3v) is 4.84. The second kappa shape index (κ2) is 5.51. The van der Waals surface area contributed by atoms with Gasteiger partial charge in [0.05, 0.1) is 18.4 Å². The molecule has 1 aromatic carbocycles. The molecular weight excluding hydrogens is 266 g/mol. The molecule has 1 saturated heterocycles. The van der Waals surface area contributed by atoms with E-state index in [-0.39, 0.29) is 17.8 Å². The monoisotopic (exact) mass is 289 g/mol. The first-order chi connectivity index (χ1) is 9.89. The van der Waals surface area contributed by atoms with E-state index in [2.05, 4.69) is 0 Å². The second-order valence-corrected chi connectivity index (χ2v) is 5.89. The first-order valence-electron chi connectivity index (χ1n) is 7.35. The third kappa shape index (κ3) is 2.23. The number of benzene rings is 1. The zero-order valence-electron chi connectivity index (χ0n) is 13.4. The number of nitrogens with zero attached hydrogens (tertiary/aromatic N) is 1. The van der Waals surface area contributed by atoms with E-state index < -0.39 is 5.41 Å². The Kier molecular flexibility index (Phi) is 4.08. The summed E-state index contributed by atoms with van der Waals surface area (Å²) in [5, 5.41) is 0. The van der Waals surface area contributed by atoms with Crippen LogP contribution in [0.1, 0.15) is 31.4 Å². The fourth-order valence-corrected chi connectivity index (χ4v) is 3.39. The topological polar surface area (TPSA) is 46.6 Å². The van der Waals surface area contributed by atoms with Crippen molar-refractivity contribution in [3.8, 4) is 0 Å². The normalized spacial score (nSPS) is 25.3. The number of anilines is 1. The lowest BCUT2D eigenvalue weighted by molar-refractivity contribution is -0.155. The molecule has 2 rings (SSSR count). The Morgan fingerprint density at radius 3 is 2.43 bits per heavy atom. The molecule has 0 aromatic heterocycles. The van der Waals surface area contributed by atoms with E-state index in [0.717, 1.165) is 16.8 Å². The number of esters is 1. The zero-order valence-corrected chi connectivity index (χ0v) is 13.4. The summed E-state index contributed by atoms with van der Waals surface area (Å²) in [4.78, 5) is 26.8. The Bertz CT molecular complexity index is 561. The van der Waals surface area contributed by atoms with E-state index in [1.165, 1.54) is 7.11 Å². The summed E-state index contributed by atoms with van der Waals surface area (Å²) in [6.45, 7) is 8.14. The van der Waals surface area contributed by atoms with Crippen molar-refractivity contribution >= 4 is 17.6 Å². The predicted molar refractivity (Wildman–Crippen MR) is 82.2 cm³/mol. The molecule has 0 spiro atoms. The van der Waals surface area contributed by atoms with Gasteiger partial charge in [-0.05, 0) is 31.4 Å². The minimum absolute atomic E-state index is 0.000324. The Hall–Kier alpha value is -1.84. The van der Waals surface area contributed by atoms with Crippen LogP contribution in [0.4, 0.5) is 5.69 Å². The van der Waals surface area contributed by atoms with E-state index in [9.17, 15) is 9.59 Å². The van der Waals surface area contributed by atoms with Crippen molar-refractivity contribution in [3.63, 3.8) is 0 Å². The lowest BCUT2D eigenvalue weighted by atomic mass is 9.76. The number of para-hydroxylation sites is 1. The molecule has 2 atom stereocenters. The van der Waals surface area contributed by atoms with Crippen LogP contribution in [0.25, 0.3) is 0 Å². The van der Waals surface area contributed by atoms with Crippen LogP contribution in [0.2, 0.25) is 0 Å². The van der Waals surface area contributed by atoms with E-state index >= 15 is 0 Å². The quantitative estimate of drug-likeness (QED) is 0.804. The van der Waals surface area contributed by atoms with Gasteiger partial charge in [-0.2, -0.15) is 0 Å². The van der Waals surface area contributed by atoms with Gasteiger partial charge in [0.2, 0.25) is 5.91 Å². The van der Waals surface area contributed by atoms with Gasteiger partial charge in [-0.15, -0.1) is 0 Å². The SMILES string of the molecule is CC[C@@]1(C(=O)OC)CN(c2c(C)cccc2C)C(=O)C1C. The van der Waals surface area contributed by atoms with Gasteiger partial charge in [-0.3, -0.25) is 9.59 Å². The van der Waals surface area contributed by atoms with Crippen molar-refractivity contribution < 1.29 is 14.3 Å². The number of carbonyl (C=O) groups is 2. The first kappa shape index (κ1) is 15.5. The molecule has 0 saturated carbocycles. The fourth-order valence-electron chi connectivity index (χ4n) is 3.39. The largest absolute Gasteiger partial charge is 0.469 e. The predicted octanol–water partition coefficient (Wildman–Crippen LogP) is 2.86. The maximum Gasteiger partial charge on any atom is 0.314 e. The average Bonchev–Trinajstić information content (AvgIpc) is 2.72. The van der Waals surface area contributed by atoms with Crippen LogP contribution < -0.4 is 4.90 Å². The van der Waals surface area contributed by atoms with Gasteiger partial charge in [0.1, 0.15) is 0 Å². The van der Waals surface area contributed by atoms with E-state index in [0.29, 0.717) is 13.0 Å². The molecule has 1 fully saturated rings. The zero-order chi connectivity index (χ0) is 15.8. The average molecular weight is 289 g/mol. The summed E-state index contributed by atoms with van der Waals surface area (Å²) in [5.74, 6) is -0.659. The number of methoxy groups -OCH3 is 1. The lowest BCUT2D eigenvalue weighted by Crippen LogP contribution is -2.38.